The minimum absolute atomic E-state index is 0.814. The van der Waals surface area contributed by atoms with E-state index in [-0.39, 0.29) is 0 Å². The van der Waals surface area contributed by atoms with E-state index in [9.17, 15) is 0 Å². The molecule has 0 aromatic heterocycles. The molecule has 3 atom stereocenters. The first kappa shape index (κ1) is 22.9. The summed E-state index contributed by atoms with van der Waals surface area (Å²) in [5, 5.41) is 0. The molecule has 4 rings (SSSR count). The Bertz CT molecular complexity index is 274. The maximum Gasteiger partial charge on any atom is 0.0128 e. The van der Waals surface area contributed by atoms with Crippen molar-refractivity contribution in [2.75, 3.05) is 27.2 Å². The fraction of sp³-hybridized carbons (Fsp3) is 1.00. The Morgan fingerprint density at radius 1 is 0.783 bits per heavy atom. The third kappa shape index (κ3) is 6.38. The van der Waals surface area contributed by atoms with Crippen LogP contribution in [0.25, 0.3) is 0 Å². The highest BCUT2D eigenvalue weighted by Gasteiger charge is 2.48. The molecule has 1 spiro atoms. The number of hydrogen-bond donors (Lipinski definition) is 0. The third-order valence-electron chi connectivity index (χ3n) is 5.62. The summed E-state index contributed by atoms with van der Waals surface area (Å²) >= 11 is 0. The number of piperidine rings is 1. The van der Waals surface area contributed by atoms with E-state index in [1.165, 1.54) is 51.6 Å². The maximum atomic E-state index is 2.52. The molecule has 2 aliphatic carbocycles. The Labute approximate surface area is 148 Å². The molecule has 4 fully saturated rings. The zero-order chi connectivity index (χ0) is 18.0. The summed E-state index contributed by atoms with van der Waals surface area (Å²) in [5.74, 6) is 1.09. The highest BCUT2D eigenvalue weighted by atomic mass is 15.2. The minimum Gasteiger partial charge on any atom is -0.305 e. The highest BCUT2D eigenvalue weighted by molar-refractivity contribution is 5.02. The molecule has 0 N–H and O–H groups in total. The van der Waals surface area contributed by atoms with Gasteiger partial charge in [-0.1, -0.05) is 54.4 Å². The van der Waals surface area contributed by atoms with Gasteiger partial charge in [-0.15, -0.1) is 0 Å². The van der Waals surface area contributed by atoms with Crippen LogP contribution in [0, 0.1) is 11.3 Å². The van der Waals surface area contributed by atoms with Crippen molar-refractivity contribution in [2.45, 2.75) is 99.1 Å². The molecule has 2 heteroatoms. The summed E-state index contributed by atoms with van der Waals surface area (Å²) in [7, 11) is 4.48. The lowest BCUT2D eigenvalue weighted by molar-refractivity contribution is 0.0289. The fourth-order valence-corrected chi connectivity index (χ4v) is 4.46. The minimum atomic E-state index is 0.814. The van der Waals surface area contributed by atoms with E-state index in [1.54, 1.807) is 0 Å². The molecule has 2 saturated heterocycles. The van der Waals surface area contributed by atoms with Gasteiger partial charge in [-0.25, -0.2) is 0 Å². The SMILES string of the molecule is CC.CC.CC.CC1CC2CC2N1C.CN1CC2(CCCC2)C1. The molecular formula is C21H46N2. The number of fused-ring (bicyclic) bond motifs is 1. The fourth-order valence-electron chi connectivity index (χ4n) is 4.46. The Kier molecular flexibility index (Phi) is 11.4. The molecule has 2 saturated carbocycles. The van der Waals surface area contributed by atoms with Gasteiger partial charge in [0.25, 0.3) is 0 Å². The van der Waals surface area contributed by atoms with Gasteiger partial charge < -0.3 is 9.80 Å². The number of rotatable bonds is 0. The standard InChI is InChI=1S/C8H15N.C7H13N.3C2H6/c1-9-6-8(7-9)4-2-3-5-8;1-5-3-6-4-7(6)8(5)2;3*1-2/h2-7H2,1H3;5-7H,3-4H2,1-2H3;3*1-2H3. The second-order valence-electron chi connectivity index (χ2n) is 7.19. The van der Waals surface area contributed by atoms with E-state index < -0.39 is 0 Å². The van der Waals surface area contributed by atoms with Crippen LogP contribution >= 0.6 is 0 Å². The second kappa shape index (κ2) is 11.5. The lowest BCUT2D eigenvalue weighted by Gasteiger charge is -2.46. The molecule has 2 aliphatic heterocycles. The smallest absolute Gasteiger partial charge is 0.0128 e. The van der Waals surface area contributed by atoms with Crippen LogP contribution in [0.1, 0.15) is 87.0 Å². The van der Waals surface area contributed by atoms with Crippen molar-refractivity contribution in [3.63, 3.8) is 0 Å². The first-order valence-corrected chi connectivity index (χ1v) is 10.5. The molecule has 0 amide bonds. The maximum absolute atomic E-state index is 2.52. The summed E-state index contributed by atoms with van der Waals surface area (Å²) < 4.78 is 0. The Morgan fingerprint density at radius 3 is 1.52 bits per heavy atom. The molecule has 2 heterocycles. The van der Waals surface area contributed by atoms with Crippen LogP contribution in [0.15, 0.2) is 0 Å². The monoisotopic (exact) mass is 326 g/mol. The van der Waals surface area contributed by atoms with Crippen LogP contribution in [0.5, 0.6) is 0 Å². The zero-order valence-corrected chi connectivity index (χ0v) is 17.8. The van der Waals surface area contributed by atoms with Crippen molar-refractivity contribution in [2.24, 2.45) is 11.3 Å². The van der Waals surface area contributed by atoms with E-state index in [2.05, 4.69) is 30.8 Å². The Hall–Kier alpha value is -0.0800. The Balaban J connectivity index is 0.000000321. The first-order chi connectivity index (χ1) is 11.1. The normalized spacial score (nSPS) is 32.5. The molecule has 0 aromatic rings. The summed E-state index contributed by atoms with van der Waals surface area (Å²) in [4.78, 5) is 4.95. The van der Waals surface area contributed by atoms with Crippen LogP contribution in [-0.4, -0.2) is 49.1 Å². The first-order valence-electron chi connectivity index (χ1n) is 10.5. The van der Waals surface area contributed by atoms with Crippen molar-refractivity contribution in [3.8, 4) is 0 Å². The van der Waals surface area contributed by atoms with Gasteiger partial charge >= 0.3 is 0 Å². The molecule has 4 aliphatic rings. The second-order valence-corrected chi connectivity index (χ2v) is 7.19. The van der Waals surface area contributed by atoms with E-state index in [0.29, 0.717) is 0 Å². The molecule has 0 radical (unpaired) electrons. The van der Waals surface area contributed by atoms with E-state index in [0.717, 1.165) is 23.4 Å². The molecule has 140 valence electrons. The van der Waals surface area contributed by atoms with E-state index >= 15 is 0 Å². The number of nitrogens with zero attached hydrogens (tertiary/aromatic N) is 2. The van der Waals surface area contributed by atoms with Gasteiger partial charge in [-0.2, -0.15) is 0 Å². The van der Waals surface area contributed by atoms with Crippen LogP contribution in [0.3, 0.4) is 0 Å². The quantitative estimate of drug-likeness (QED) is 0.566. The topological polar surface area (TPSA) is 6.48 Å². The molecule has 0 aromatic carbocycles. The molecule has 0 bridgehead atoms. The van der Waals surface area contributed by atoms with Crippen LogP contribution in [0.4, 0.5) is 0 Å². The van der Waals surface area contributed by atoms with Crippen molar-refractivity contribution >= 4 is 0 Å². The van der Waals surface area contributed by atoms with Gasteiger partial charge in [-0.3, -0.25) is 0 Å². The van der Waals surface area contributed by atoms with Crippen molar-refractivity contribution in [1.82, 2.24) is 9.80 Å². The lowest BCUT2D eigenvalue weighted by Crippen LogP contribution is -2.52. The van der Waals surface area contributed by atoms with Crippen molar-refractivity contribution < 1.29 is 0 Å². The van der Waals surface area contributed by atoms with Gasteiger partial charge in [-0.05, 0) is 58.0 Å². The van der Waals surface area contributed by atoms with Gasteiger partial charge in [0.1, 0.15) is 0 Å². The van der Waals surface area contributed by atoms with Crippen LogP contribution in [0.2, 0.25) is 0 Å². The third-order valence-corrected chi connectivity index (χ3v) is 5.62. The average molecular weight is 327 g/mol. The largest absolute Gasteiger partial charge is 0.305 e. The van der Waals surface area contributed by atoms with Gasteiger partial charge in [0.2, 0.25) is 0 Å². The molecule has 23 heavy (non-hydrogen) atoms. The predicted octanol–water partition coefficient (Wildman–Crippen LogP) is 5.67. The molecular weight excluding hydrogens is 280 g/mol. The average Bonchev–Trinajstić information content (AvgIpc) is 3.06. The van der Waals surface area contributed by atoms with Gasteiger partial charge in [0.05, 0.1) is 0 Å². The van der Waals surface area contributed by atoms with E-state index in [4.69, 9.17) is 0 Å². The molecule has 3 unspecified atom stereocenters. The van der Waals surface area contributed by atoms with Gasteiger partial charge in [0.15, 0.2) is 0 Å². The Morgan fingerprint density at radius 2 is 1.26 bits per heavy atom. The summed E-state index contributed by atoms with van der Waals surface area (Å²) in [6, 6.07) is 1.86. The molecule has 2 nitrogen and oxygen atoms in total. The van der Waals surface area contributed by atoms with Gasteiger partial charge in [0, 0.05) is 25.2 Å². The van der Waals surface area contributed by atoms with Crippen molar-refractivity contribution in [1.29, 1.82) is 0 Å². The summed E-state index contributed by atoms with van der Waals surface area (Å²) in [6.07, 6.45) is 8.96. The number of hydrogen-bond acceptors (Lipinski definition) is 2. The number of likely N-dealkylation sites (tertiary alicyclic amines) is 2. The van der Waals surface area contributed by atoms with E-state index in [1.807, 2.05) is 41.5 Å². The summed E-state index contributed by atoms with van der Waals surface area (Å²) in [6.45, 7) is 17.1. The van der Waals surface area contributed by atoms with Crippen LogP contribution < -0.4 is 0 Å². The van der Waals surface area contributed by atoms with Crippen LogP contribution in [-0.2, 0) is 0 Å². The predicted molar refractivity (Wildman–Crippen MR) is 106 cm³/mol. The zero-order valence-electron chi connectivity index (χ0n) is 17.8. The van der Waals surface area contributed by atoms with Crippen molar-refractivity contribution in [3.05, 3.63) is 0 Å². The lowest BCUT2D eigenvalue weighted by atomic mass is 9.79. The highest BCUT2D eigenvalue weighted by Crippen LogP contribution is 2.46. The summed E-state index contributed by atoms with van der Waals surface area (Å²) in [5.41, 5.74) is 0.814.